The quantitative estimate of drug-likeness (QED) is 0.747. The third-order valence-electron chi connectivity index (χ3n) is 3.28. The maximum atomic E-state index is 11.8. The Kier molecular flexibility index (Phi) is 4.42. The van der Waals surface area contributed by atoms with E-state index in [1.54, 1.807) is 11.3 Å². The highest BCUT2D eigenvalue weighted by Gasteiger charge is 2.33. The Morgan fingerprint density at radius 2 is 2.26 bits per heavy atom. The Hall–Kier alpha value is -1.56. The number of nitrogens with one attached hydrogen (secondary N) is 2. The molecule has 1 saturated carbocycles. The van der Waals surface area contributed by atoms with Crippen LogP contribution in [-0.4, -0.2) is 23.1 Å². The summed E-state index contributed by atoms with van der Waals surface area (Å²) in [4.78, 5) is 23.6. The van der Waals surface area contributed by atoms with Crippen molar-refractivity contribution in [3.63, 3.8) is 0 Å². The molecule has 2 rings (SSSR count). The maximum Gasteiger partial charge on any atom is 0.315 e. The van der Waals surface area contributed by atoms with Crippen LogP contribution in [0.2, 0.25) is 0 Å². The zero-order valence-electron chi connectivity index (χ0n) is 10.8. The predicted octanol–water partition coefficient (Wildman–Crippen LogP) is 2.11. The number of carboxylic acids is 1. The number of carbonyl (C=O) groups excluding carboxylic acids is 1. The van der Waals surface area contributed by atoms with E-state index in [1.807, 2.05) is 18.4 Å². The minimum absolute atomic E-state index is 0.00385. The third kappa shape index (κ3) is 4.24. The zero-order chi connectivity index (χ0) is 13.8. The van der Waals surface area contributed by atoms with Crippen molar-refractivity contribution in [3.8, 4) is 0 Å². The fourth-order valence-electron chi connectivity index (χ4n) is 1.99. The summed E-state index contributed by atoms with van der Waals surface area (Å²) in [6, 6.07) is 1.48. The molecular weight excluding hydrogens is 264 g/mol. The van der Waals surface area contributed by atoms with Gasteiger partial charge in [0, 0.05) is 10.9 Å². The van der Waals surface area contributed by atoms with Gasteiger partial charge < -0.3 is 15.7 Å². The fourth-order valence-corrected chi connectivity index (χ4v) is 2.83. The highest BCUT2D eigenvalue weighted by molar-refractivity contribution is 7.10. The number of urea groups is 1. The molecule has 2 amide bonds. The molecule has 0 bridgehead atoms. The van der Waals surface area contributed by atoms with Gasteiger partial charge in [-0.15, -0.1) is 11.3 Å². The van der Waals surface area contributed by atoms with Gasteiger partial charge in [0.05, 0.1) is 13.0 Å². The third-order valence-corrected chi connectivity index (χ3v) is 4.30. The van der Waals surface area contributed by atoms with Crippen LogP contribution in [0.5, 0.6) is 0 Å². The van der Waals surface area contributed by atoms with Crippen molar-refractivity contribution in [2.24, 2.45) is 5.92 Å². The molecular formula is C13H18N2O3S. The Balaban J connectivity index is 1.79. The first-order chi connectivity index (χ1) is 9.06. The second-order valence-corrected chi connectivity index (χ2v) is 5.90. The molecule has 19 heavy (non-hydrogen) atoms. The smallest absolute Gasteiger partial charge is 0.315 e. The normalized spacial score (nSPS) is 15.8. The molecule has 0 radical (unpaired) electrons. The number of aryl methyl sites for hydroxylation is 1. The number of hydrogen-bond donors (Lipinski definition) is 3. The first-order valence-electron chi connectivity index (χ1n) is 6.35. The molecule has 0 aromatic carbocycles. The first-order valence-corrected chi connectivity index (χ1v) is 7.23. The summed E-state index contributed by atoms with van der Waals surface area (Å²) in [5.41, 5.74) is 1.16. The molecule has 1 aromatic rings. The van der Waals surface area contributed by atoms with Crippen LogP contribution in [-0.2, 0) is 11.3 Å². The monoisotopic (exact) mass is 282 g/mol. The van der Waals surface area contributed by atoms with Gasteiger partial charge in [0.25, 0.3) is 0 Å². The van der Waals surface area contributed by atoms with Crippen molar-refractivity contribution in [2.75, 3.05) is 0 Å². The van der Waals surface area contributed by atoms with Crippen LogP contribution >= 0.6 is 11.3 Å². The van der Waals surface area contributed by atoms with E-state index >= 15 is 0 Å². The molecule has 1 atom stereocenters. The van der Waals surface area contributed by atoms with Crippen LogP contribution in [0, 0.1) is 12.8 Å². The first kappa shape index (κ1) is 13.9. The highest BCUT2D eigenvalue weighted by atomic mass is 32.1. The number of amides is 2. The van der Waals surface area contributed by atoms with E-state index in [2.05, 4.69) is 10.6 Å². The van der Waals surface area contributed by atoms with Crippen molar-refractivity contribution in [2.45, 2.75) is 38.8 Å². The molecule has 104 valence electrons. The summed E-state index contributed by atoms with van der Waals surface area (Å²) in [5.74, 6) is -0.545. The van der Waals surface area contributed by atoms with E-state index in [0.717, 1.165) is 23.3 Å². The van der Waals surface area contributed by atoms with Crippen LogP contribution in [0.3, 0.4) is 0 Å². The molecule has 0 aliphatic heterocycles. The Labute approximate surface area is 116 Å². The number of thiophene rings is 1. The summed E-state index contributed by atoms with van der Waals surface area (Å²) >= 11 is 1.60. The summed E-state index contributed by atoms with van der Waals surface area (Å²) < 4.78 is 0. The van der Waals surface area contributed by atoms with Crippen LogP contribution in [0.25, 0.3) is 0 Å². The van der Waals surface area contributed by atoms with Gasteiger partial charge in [0.1, 0.15) is 0 Å². The molecule has 0 saturated heterocycles. The molecule has 6 heteroatoms. The number of hydrogen-bond acceptors (Lipinski definition) is 3. The van der Waals surface area contributed by atoms with Crippen LogP contribution in [0.15, 0.2) is 11.4 Å². The van der Waals surface area contributed by atoms with E-state index in [4.69, 9.17) is 5.11 Å². The van der Waals surface area contributed by atoms with Crippen molar-refractivity contribution < 1.29 is 14.7 Å². The van der Waals surface area contributed by atoms with Crippen LogP contribution < -0.4 is 10.6 Å². The van der Waals surface area contributed by atoms with Crippen molar-refractivity contribution in [1.29, 1.82) is 0 Å². The number of carbonyl (C=O) groups is 2. The highest BCUT2D eigenvalue weighted by Crippen LogP contribution is 2.33. The summed E-state index contributed by atoms with van der Waals surface area (Å²) in [6.45, 7) is 2.49. The SMILES string of the molecule is Cc1ccsc1CNC(=O)NC(CC(=O)O)C1CC1. The fraction of sp³-hybridized carbons (Fsp3) is 0.538. The van der Waals surface area contributed by atoms with Gasteiger partial charge in [-0.05, 0) is 42.7 Å². The van der Waals surface area contributed by atoms with Gasteiger partial charge in [-0.2, -0.15) is 0 Å². The molecule has 1 aliphatic carbocycles. The van der Waals surface area contributed by atoms with E-state index in [1.165, 1.54) is 0 Å². The summed E-state index contributed by atoms with van der Waals surface area (Å²) in [7, 11) is 0. The lowest BCUT2D eigenvalue weighted by Gasteiger charge is -2.16. The van der Waals surface area contributed by atoms with Gasteiger partial charge >= 0.3 is 12.0 Å². The molecule has 1 heterocycles. The van der Waals surface area contributed by atoms with Crippen molar-refractivity contribution in [3.05, 3.63) is 21.9 Å². The van der Waals surface area contributed by atoms with E-state index < -0.39 is 5.97 Å². The molecule has 1 unspecified atom stereocenters. The van der Waals surface area contributed by atoms with Gasteiger partial charge in [-0.1, -0.05) is 0 Å². The van der Waals surface area contributed by atoms with Crippen LogP contribution in [0.4, 0.5) is 4.79 Å². The van der Waals surface area contributed by atoms with Gasteiger partial charge in [-0.3, -0.25) is 4.79 Å². The molecule has 5 nitrogen and oxygen atoms in total. The zero-order valence-corrected chi connectivity index (χ0v) is 11.6. The minimum Gasteiger partial charge on any atom is -0.481 e. The molecule has 0 spiro atoms. The average Bonchev–Trinajstić information content (AvgIpc) is 3.10. The Morgan fingerprint density at radius 3 is 2.79 bits per heavy atom. The number of rotatable bonds is 6. The topological polar surface area (TPSA) is 78.4 Å². The van der Waals surface area contributed by atoms with E-state index in [0.29, 0.717) is 12.5 Å². The van der Waals surface area contributed by atoms with E-state index in [9.17, 15) is 9.59 Å². The maximum absolute atomic E-state index is 11.8. The number of carboxylic acid groups (broad SMARTS) is 1. The molecule has 1 aromatic heterocycles. The molecule has 3 N–H and O–H groups in total. The standard InChI is InChI=1S/C13H18N2O3S/c1-8-4-5-19-11(8)7-14-13(18)15-10(6-12(16)17)9-2-3-9/h4-5,9-10H,2-3,6-7H2,1H3,(H,16,17)(H2,14,15,18). The Morgan fingerprint density at radius 1 is 1.53 bits per heavy atom. The molecule has 1 aliphatic rings. The largest absolute Gasteiger partial charge is 0.481 e. The Bertz CT molecular complexity index is 468. The van der Waals surface area contributed by atoms with Gasteiger partial charge in [0.15, 0.2) is 0 Å². The van der Waals surface area contributed by atoms with Crippen molar-refractivity contribution in [1.82, 2.24) is 10.6 Å². The minimum atomic E-state index is -0.869. The summed E-state index contributed by atoms with van der Waals surface area (Å²) in [6.07, 6.45) is 2.00. The number of aliphatic carboxylic acids is 1. The van der Waals surface area contributed by atoms with Gasteiger partial charge in [0.2, 0.25) is 0 Å². The van der Waals surface area contributed by atoms with Gasteiger partial charge in [-0.25, -0.2) is 4.79 Å². The second-order valence-electron chi connectivity index (χ2n) is 4.90. The van der Waals surface area contributed by atoms with Crippen LogP contribution in [0.1, 0.15) is 29.7 Å². The second kappa shape index (κ2) is 6.06. The lowest BCUT2D eigenvalue weighted by molar-refractivity contribution is -0.137. The van der Waals surface area contributed by atoms with E-state index in [-0.39, 0.29) is 18.5 Å². The average molecular weight is 282 g/mol. The lowest BCUT2D eigenvalue weighted by atomic mass is 10.1. The summed E-state index contributed by atoms with van der Waals surface area (Å²) in [5, 5.41) is 16.4. The molecule has 1 fully saturated rings. The van der Waals surface area contributed by atoms with Crippen molar-refractivity contribution >= 4 is 23.3 Å². The lowest BCUT2D eigenvalue weighted by Crippen LogP contribution is -2.43. The predicted molar refractivity (Wildman–Crippen MR) is 73.2 cm³/mol.